The van der Waals surface area contributed by atoms with E-state index in [9.17, 15) is 18.0 Å². The highest BCUT2D eigenvalue weighted by Gasteiger charge is 2.24. The number of anilines is 1. The van der Waals surface area contributed by atoms with E-state index in [2.05, 4.69) is 10.4 Å². The Hall–Kier alpha value is -2.31. The molecule has 1 amide bonds. The minimum absolute atomic E-state index is 0.0233. The van der Waals surface area contributed by atoms with E-state index in [1.807, 2.05) is 0 Å². The zero-order valence-corrected chi connectivity index (χ0v) is 13.0. The number of benzene rings is 1. The molecule has 0 aliphatic heterocycles. The predicted molar refractivity (Wildman–Crippen MR) is 83.7 cm³/mol. The Morgan fingerprint density at radius 3 is 2.67 bits per heavy atom. The van der Waals surface area contributed by atoms with Gasteiger partial charge in [-0.05, 0) is 31.0 Å². The molecule has 0 unspecified atom stereocenters. The smallest absolute Gasteiger partial charge is 0.284 e. The lowest BCUT2D eigenvalue weighted by Crippen LogP contribution is -2.13. The van der Waals surface area contributed by atoms with Gasteiger partial charge in [-0.2, -0.15) is 5.10 Å². The standard InChI is InChI=1S/C17H18F3N3O/c18-12-6-4-5-11(9-12)17(24)21-14-10-23(22-15(14)16(19)20)13-7-2-1-3-8-13/h4-6,9-10,13,16H,1-3,7-8H2,(H,21,24). The van der Waals surface area contributed by atoms with Crippen molar-refractivity contribution in [2.24, 2.45) is 0 Å². The summed E-state index contributed by atoms with van der Waals surface area (Å²) >= 11 is 0. The van der Waals surface area contributed by atoms with E-state index >= 15 is 0 Å². The van der Waals surface area contributed by atoms with Gasteiger partial charge < -0.3 is 5.32 Å². The van der Waals surface area contributed by atoms with E-state index < -0.39 is 23.8 Å². The van der Waals surface area contributed by atoms with Crippen LogP contribution >= 0.6 is 0 Å². The van der Waals surface area contributed by atoms with Crippen molar-refractivity contribution in [2.45, 2.75) is 44.6 Å². The second-order valence-corrected chi connectivity index (χ2v) is 5.97. The first-order valence-electron chi connectivity index (χ1n) is 7.98. The summed E-state index contributed by atoms with van der Waals surface area (Å²) < 4.78 is 41.2. The minimum atomic E-state index is -2.79. The lowest BCUT2D eigenvalue weighted by atomic mass is 9.96. The number of carbonyl (C=O) groups is 1. The van der Waals surface area contributed by atoms with Crippen molar-refractivity contribution in [3.63, 3.8) is 0 Å². The summed E-state index contributed by atoms with van der Waals surface area (Å²) in [7, 11) is 0. The topological polar surface area (TPSA) is 46.9 Å². The lowest BCUT2D eigenvalue weighted by Gasteiger charge is -2.21. The monoisotopic (exact) mass is 337 g/mol. The summed E-state index contributed by atoms with van der Waals surface area (Å²) in [4.78, 5) is 12.2. The molecular weight excluding hydrogens is 319 g/mol. The number of nitrogens with zero attached hydrogens (tertiary/aromatic N) is 2. The number of alkyl halides is 2. The highest BCUT2D eigenvalue weighted by atomic mass is 19.3. The van der Waals surface area contributed by atoms with Gasteiger partial charge in [0.25, 0.3) is 12.3 Å². The number of amides is 1. The van der Waals surface area contributed by atoms with E-state index in [1.54, 1.807) is 0 Å². The normalized spacial score (nSPS) is 15.7. The molecule has 0 saturated heterocycles. The van der Waals surface area contributed by atoms with E-state index in [0.717, 1.165) is 38.2 Å². The van der Waals surface area contributed by atoms with Gasteiger partial charge in [-0.15, -0.1) is 0 Å². The maximum atomic E-state index is 13.2. The van der Waals surface area contributed by atoms with Crippen molar-refractivity contribution in [2.75, 3.05) is 5.32 Å². The van der Waals surface area contributed by atoms with E-state index in [0.29, 0.717) is 0 Å². The van der Waals surface area contributed by atoms with E-state index in [4.69, 9.17) is 0 Å². The molecule has 1 N–H and O–H groups in total. The first-order valence-corrected chi connectivity index (χ1v) is 7.98. The Bertz CT molecular complexity index is 724. The van der Waals surface area contributed by atoms with Crippen LogP contribution in [0.3, 0.4) is 0 Å². The molecule has 1 aromatic heterocycles. The highest BCUT2D eigenvalue weighted by Crippen LogP contribution is 2.32. The molecule has 2 aromatic rings. The largest absolute Gasteiger partial charge is 0.319 e. The molecule has 1 aromatic carbocycles. The Balaban J connectivity index is 1.83. The van der Waals surface area contributed by atoms with Gasteiger partial charge in [0, 0.05) is 11.8 Å². The van der Waals surface area contributed by atoms with E-state index in [-0.39, 0.29) is 17.3 Å². The second-order valence-electron chi connectivity index (χ2n) is 5.97. The Morgan fingerprint density at radius 1 is 1.25 bits per heavy atom. The van der Waals surface area contributed by atoms with Gasteiger partial charge in [-0.1, -0.05) is 25.3 Å². The molecule has 1 fully saturated rings. The molecule has 3 rings (SSSR count). The quantitative estimate of drug-likeness (QED) is 0.878. The average Bonchev–Trinajstić information content (AvgIpc) is 3.00. The van der Waals surface area contributed by atoms with Gasteiger partial charge in [0.1, 0.15) is 5.82 Å². The summed E-state index contributed by atoms with van der Waals surface area (Å²) in [5.74, 6) is -1.20. The third kappa shape index (κ3) is 3.60. The van der Waals surface area contributed by atoms with Crippen molar-refractivity contribution in [3.8, 4) is 0 Å². The summed E-state index contributed by atoms with van der Waals surface area (Å²) in [6.07, 6.45) is 3.66. The van der Waals surface area contributed by atoms with Crippen LogP contribution in [-0.4, -0.2) is 15.7 Å². The maximum Gasteiger partial charge on any atom is 0.284 e. The molecule has 1 aliphatic rings. The zero-order chi connectivity index (χ0) is 17.1. The summed E-state index contributed by atoms with van der Waals surface area (Å²) in [5.41, 5.74) is -0.407. The van der Waals surface area contributed by atoms with Crippen LogP contribution in [0, 0.1) is 5.82 Å². The molecular formula is C17H18F3N3O. The van der Waals surface area contributed by atoms with Gasteiger partial charge in [0.05, 0.1) is 11.7 Å². The summed E-state index contributed by atoms with van der Waals surface area (Å²) in [6, 6.07) is 5.16. The maximum absolute atomic E-state index is 13.2. The average molecular weight is 337 g/mol. The highest BCUT2D eigenvalue weighted by molar-refractivity contribution is 6.04. The van der Waals surface area contributed by atoms with Gasteiger partial charge in [-0.25, -0.2) is 13.2 Å². The lowest BCUT2D eigenvalue weighted by molar-refractivity contribution is 0.102. The molecule has 0 bridgehead atoms. The van der Waals surface area contributed by atoms with E-state index in [1.165, 1.54) is 29.1 Å². The summed E-state index contributed by atoms with van der Waals surface area (Å²) in [5, 5.41) is 6.40. The number of nitrogens with one attached hydrogen (secondary N) is 1. The van der Waals surface area contributed by atoms with Crippen LogP contribution in [0.25, 0.3) is 0 Å². The number of aromatic nitrogens is 2. The molecule has 128 valence electrons. The van der Waals surface area contributed by atoms with Gasteiger partial charge in [-0.3, -0.25) is 9.48 Å². The molecule has 0 spiro atoms. The molecule has 0 atom stereocenters. The summed E-state index contributed by atoms with van der Waals surface area (Å²) in [6.45, 7) is 0. The fraction of sp³-hybridized carbons (Fsp3) is 0.412. The Morgan fingerprint density at radius 2 is 2.00 bits per heavy atom. The number of hydrogen-bond donors (Lipinski definition) is 1. The van der Waals surface area contributed by atoms with Gasteiger partial charge in [0.2, 0.25) is 0 Å². The van der Waals surface area contributed by atoms with Crippen molar-refractivity contribution in [1.82, 2.24) is 9.78 Å². The zero-order valence-electron chi connectivity index (χ0n) is 13.0. The molecule has 1 saturated carbocycles. The third-order valence-corrected chi connectivity index (χ3v) is 4.25. The fourth-order valence-corrected chi connectivity index (χ4v) is 3.02. The van der Waals surface area contributed by atoms with Crippen LogP contribution in [0.4, 0.5) is 18.9 Å². The number of hydrogen-bond acceptors (Lipinski definition) is 2. The Labute approximate surface area is 137 Å². The molecule has 0 radical (unpaired) electrons. The first-order chi connectivity index (χ1) is 11.5. The van der Waals surface area contributed by atoms with Crippen molar-refractivity contribution in [1.29, 1.82) is 0 Å². The first kappa shape index (κ1) is 16.5. The van der Waals surface area contributed by atoms with Crippen LogP contribution < -0.4 is 5.32 Å². The third-order valence-electron chi connectivity index (χ3n) is 4.25. The van der Waals surface area contributed by atoms with Crippen LogP contribution in [0.2, 0.25) is 0 Å². The Kier molecular flexibility index (Phi) is 4.87. The number of rotatable bonds is 4. The van der Waals surface area contributed by atoms with Crippen molar-refractivity contribution in [3.05, 3.63) is 47.5 Å². The fourth-order valence-electron chi connectivity index (χ4n) is 3.02. The SMILES string of the molecule is O=C(Nc1cn(C2CCCCC2)nc1C(F)F)c1cccc(F)c1. The van der Waals surface area contributed by atoms with Crippen molar-refractivity contribution < 1.29 is 18.0 Å². The number of halogens is 3. The van der Waals surface area contributed by atoms with Crippen LogP contribution in [0.5, 0.6) is 0 Å². The molecule has 24 heavy (non-hydrogen) atoms. The van der Waals surface area contributed by atoms with Crippen LogP contribution in [0.1, 0.15) is 60.6 Å². The van der Waals surface area contributed by atoms with Crippen LogP contribution in [0.15, 0.2) is 30.5 Å². The predicted octanol–water partition coefficient (Wildman–Crippen LogP) is 4.72. The van der Waals surface area contributed by atoms with Crippen LogP contribution in [-0.2, 0) is 0 Å². The molecule has 4 nitrogen and oxygen atoms in total. The minimum Gasteiger partial charge on any atom is -0.319 e. The molecule has 1 aliphatic carbocycles. The van der Waals surface area contributed by atoms with Gasteiger partial charge >= 0.3 is 0 Å². The molecule has 1 heterocycles. The van der Waals surface area contributed by atoms with Gasteiger partial charge in [0.15, 0.2) is 5.69 Å². The molecule has 7 heteroatoms. The number of carbonyl (C=O) groups excluding carboxylic acids is 1. The second kappa shape index (κ2) is 7.07. The van der Waals surface area contributed by atoms with Crippen molar-refractivity contribution >= 4 is 11.6 Å².